The lowest BCUT2D eigenvalue weighted by Crippen LogP contribution is -2.09. The summed E-state index contributed by atoms with van der Waals surface area (Å²) in [6.45, 7) is 2.79. The number of methoxy groups -OCH3 is 1. The highest BCUT2D eigenvalue weighted by Crippen LogP contribution is 2.30. The Morgan fingerprint density at radius 3 is 2.65 bits per heavy atom. The molecule has 0 unspecified atom stereocenters. The minimum absolute atomic E-state index is 0.236. The van der Waals surface area contributed by atoms with E-state index in [0.717, 1.165) is 10.9 Å². The maximum absolute atomic E-state index is 12.9. The average Bonchev–Trinajstić information content (AvgIpc) is 3.17. The van der Waals surface area contributed by atoms with Gasteiger partial charge in [-0.1, -0.05) is 18.2 Å². The second-order valence-electron chi connectivity index (χ2n) is 7.75. The number of nitrogens with one attached hydrogen (secondary N) is 1. The predicted molar refractivity (Wildman–Crippen MR) is 130 cm³/mol. The second kappa shape index (κ2) is 8.87. The van der Waals surface area contributed by atoms with Gasteiger partial charge in [-0.2, -0.15) is 5.10 Å². The molecule has 0 amide bonds. The van der Waals surface area contributed by atoms with Crippen molar-refractivity contribution in [2.24, 2.45) is 0 Å². The molecule has 0 aliphatic carbocycles. The van der Waals surface area contributed by atoms with Crippen molar-refractivity contribution >= 4 is 27.6 Å². The second-order valence-corrected chi connectivity index (χ2v) is 7.75. The first-order chi connectivity index (χ1) is 16.5. The quantitative estimate of drug-likeness (QED) is 0.355. The highest BCUT2D eigenvalue weighted by atomic mass is 16.5. The first-order valence-corrected chi connectivity index (χ1v) is 10.7. The van der Waals surface area contributed by atoms with E-state index in [1.165, 1.54) is 4.68 Å². The third-order valence-corrected chi connectivity index (χ3v) is 5.45. The lowest BCUT2D eigenvalue weighted by Gasteiger charge is -2.10. The predicted octanol–water partition coefficient (Wildman–Crippen LogP) is 3.97. The molecule has 9 heteroatoms. The molecule has 34 heavy (non-hydrogen) atoms. The van der Waals surface area contributed by atoms with Crippen molar-refractivity contribution < 1.29 is 14.2 Å². The number of ether oxygens (including phenoxy) is 3. The summed E-state index contributed by atoms with van der Waals surface area (Å²) in [5.41, 5.74) is 8.67. The van der Waals surface area contributed by atoms with Crippen molar-refractivity contribution in [2.75, 3.05) is 26.1 Å². The largest absolute Gasteiger partial charge is 0.491 e. The highest BCUT2D eigenvalue weighted by molar-refractivity contribution is 6.07. The monoisotopic (exact) mass is 457 g/mol. The third-order valence-electron chi connectivity index (χ3n) is 5.45. The van der Waals surface area contributed by atoms with E-state index in [0.29, 0.717) is 52.7 Å². The number of nitrogens with two attached hydrogens (primary N) is 1. The molecule has 172 valence electrons. The molecule has 0 atom stereocenters. The topological polar surface area (TPSA) is 117 Å². The molecule has 5 aromatic rings. The van der Waals surface area contributed by atoms with Gasteiger partial charge in [-0.05, 0) is 36.8 Å². The summed E-state index contributed by atoms with van der Waals surface area (Å²) in [6, 6.07) is 16.7. The third kappa shape index (κ3) is 3.93. The number of benzene rings is 2. The summed E-state index contributed by atoms with van der Waals surface area (Å²) in [7, 11) is 1.61. The standard InChI is InChI=1S/C25H23N5O4/c1-15-12-21(34-16-6-4-3-5-7-16)27-14-20(15)30-24(26)22-23(29-30)18-9-8-17(33-11-10-32-2)13-19(18)28-25(22)31/h3-9,12-14H,10-11,26H2,1-2H3,(H,28,31). The molecule has 3 N–H and O–H groups in total. The number of rotatable bonds is 7. The molecule has 0 spiro atoms. The molecule has 3 heterocycles. The number of anilines is 1. The normalized spacial score (nSPS) is 11.2. The van der Waals surface area contributed by atoms with E-state index in [1.54, 1.807) is 25.4 Å². The van der Waals surface area contributed by atoms with Crippen LogP contribution >= 0.6 is 0 Å². The zero-order valence-electron chi connectivity index (χ0n) is 18.7. The van der Waals surface area contributed by atoms with Gasteiger partial charge in [-0.3, -0.25) is 4.79 Å². The van der Waals surface area contributed by atoms with Crippen LogP contribution in [0.1, 0.15) is 5.56 Å². The number of aromatic amines is 1. The zero-order valence-corrected chi connectivity index (χ0v) is 18.7. The van der Waals surface area contributed by atoms with Crippen LogP contribution in [0.2, 0.25) is 0 Å². The van der Waals surface area contributed by atoms with E-state index in [4.69, 9.17) is 19.9 Å². The number of nitrogen functional groups attached to an aromatic ring is 1. The molecule has 0 aliphatic rings. The number of para-hydroxylation sites is 1. The molecule has 0 radical (unpaired) electrons. The molecule has 5 rings (SSSR count). The molecule has 9 nitrogen and oxygen atoms in total. The summed E-state index contributed by atoms with van der Waals surface area (Å²) in [6.07, 6.45) is 1.63. The van der Waals surface area contributed by atoms with Gasteiger partial charge in [0.05, 0.1) is 24.0 Å². The summed E-state index contributed by atoms with van der Waals surface area (Å²) in [5.74, 6) is 2.00. The number of aromatic nitrogens is 4. The van der Waals surface area contributed by atoms with Crippen LogP contribution in [0.3, 0.4) is 0 Å². The fourth-order valence-corrected chi connectivity index (χ4v) is 3.79. The molecular formula is C25H23N5O4. The van der Waals surface area contributed by atoms with Gasteiger partial charge >= 0.3 is 0 Å². The Hall–Kier alpha value is -4.37. The molecule has 0 aliphatic heterocycles. The number of fused-ring (bicyclic) bond motifs is 3. The highest BCUT2D eigenvalue weighted by Gasteiger charge is 2.18. The van der Waals surface area contributed by atoms with Crippen molar-refractivity contribution in [3.63, 3.8) is 0 Å². The average molecular weight is 457 g/mol. The smallest absolute Gasteiger partial charge is 0.261 e. The number of hydrogen-bond donors (Lipinski definition) is 2. The number of nitrogens with zero attached hydrogens (tertiary/aromatic N) is 3. The first-order valence-electron chi connectivity index (χ1n) is 10.7. The van der Waals surface area contributed by atoms with Gasteiger partial charge in [0.25, 0.3) is 5.56 Å². The Kier molecular flexibility index (Phi) is 5.60. The molecule has 0 saturated carbocycles. The first kappa shape index (κ1) is 21.5. The fourth-order valence-electron chi connectivity index (χ4n) is 3.79. The Balaban J connectivity index is 1.55. The number of hydrogen-bond acceptors (Lipinski definition) is 7. The lowest BCUT2D eigenvalue weighted by molar-refractivity contribution is 0.146. The van der Waals surface area contributed by atoms with Gasteiger partial charge in [-0.25, -0.2) is 9.67 Å². The summed E-state index contributed by atoms with van der Waals surface area (Å²) >= 11 is 0. The van der Waals surface area contributed by atoms with Gasteiger partial charge in [0.2, 0.25) is 5.88 Å². The maximum Gasteiger partial charge on any atom is 0.261 e. The van der Waals surface area contributed by atoms with E-state index in [-0.39, 0.29) is 11.4 Å². The van der Waals surface area contributed by atoms with Crippen molar-refractivity contribution in [3.05, 3.63) is 76.7 Å². The van der Waals surface area contributed by atoms with Crippen LogP contribution in [0.4, 0.5) is 5.82 Å². The van der Waals surface area contributed by atoms with Crippen LogP contribution < -0.4 is 20.8 Å². The number of aryl methyl sites for hydroxylation is 1. The Morgan fingerprint density at radius 1 is 1.06 bits per heavy atom. The summed E-state index contributed by atoms with van der Waals surface area (Å²) in [4.78, 5) is 20.2. The van der Waals surface area contributed by atoms with Gasteiger partial charge < -0.3 is 24.9 Å². The van der Waals surface area contributed by atoms with Gasteiger partial charge in [0.15, 0.2) is 0 Å². The van der Waals surface area contributed by atoms with Crippen molar-refractivity contribution in [1.29, 1.82) is 0 Å². The molecule has 3 aromatic heterocycles. The zero-order chi connectivity index (χ0) is 23.7. The van der Waals surface area contributed by atoms with Crippen molar-refractivity contribution in [2.45, 2.75) is 6.92 Å². The van der Waals surface area contributed by atoms with Gasteiger partial charge in [-0.15, -0.1) is 0 Å². The van der Waals surface area contributed by atoms with Crippen LogP contribution in [0.15, 0.2) is 65.6 Å². The number of pyridine rings is 2. The molecule has 0 saturated heterocycles. The SMILES string of the molecule is COCCOc1ccc2c(c1)[nH]c(=O)c1c(N)n(-c3cnc(Oc4ccccc4)cc3C)nc12. The molecular weight excluding hydrogens is 434 g/mol. The van der Waals surface area contributed by atoms with E-state index < -0.39 is 0 Å². The minimum atomic E-state index is -0.324. The van der Waals surface area contributed by atoms with E-state index in [2.05, 4.69) is 15.1 Å². The van der Waals surface area contributed by atoms with Gasteiger partial charge in [0.1, 0.15) is 34.8 Å². The lowest BCUT2D eigenvalue weighted by atomic mass is 10.1. The maximum atomic E-state index is 12.9. The molecule has 2 aromatic carbocycles. The van der Waals surface area contributed by atoms with Crippen LogP contribution in [0.5, 0.6) is 17.4 Å². The van der Waals surface area contributed by atoms with E-state index >= 15 is 0 Å². The molecule has 0 bridgehead atoms. The Bertz CT molecular complexity index is 1540. The van der Waals surface area contributed by atoms with Crippen molar-refractivity contribution in [3.8, 4) is 23.1 Å². The minimum Gasteiger partial charge on any atom is -0.491 e. The molecule has 0 fully saturated rings. The van der Waals surface area contributed by atoms with E-state index in [1.807, 2.05) is 49.4 Å². The Morgan fingerprint density at radius 2 is 1.88 bits per heavy atom. The van der Waals surface area contributed by atoms with Gasteiger partial charge in [0, 0.05) is 24.6 Å². The van der Waals surface area contributed by atoms with Crippen molar-refractivity contribution in [1.82, 2.24) is 19.7 Å². The fraction of sp³-hybridized carbons (Fsp3) is 0.160. The van der Waals surface area contributed by atoms with Crippen LogP contribution in [0, 0.1) is 6.92 Å². The van der Waals surface area contributed by atoms with Crippen LogP contribution in [-0.4, -0.2) is 40.1 Å². The summed E-state index contributed by atoms with van der Waals surface area (Å²) in [5, 5.41) is 5.76. The summed E-state index contributed by atoms with van der Waals surface area (Å²) < 4.78 is 18.0. The number of H-pyrrole nitrogens is 1. The van der Waals surface area contributed by atoms with E-state index in [9.17, 15) is 4.79 Å². The Labute approximate surface area is 194 Å². The van der Waals surface area contributed by atoms with Crippen LogP contribution in [-0.2, 0) is 4.74 Å². The van der Waals surface area contributed by atoms with Crippen LogP contribution in [0.25, 0.3) is 27.5 Å².